The van der Waals surface area contributed by atoms with Gasteiger partial charge in [-0.25, -0.2) is 9.37 Å². The predicted octanol–water partition coefficient (Wildman–Crippen LogP) is 6.75. The summed E-state index contributed by atoms with van der Waals surface area (Å²) >= 11 is 18.3. The normalized spacial score (nSPS) is 11.1. The molecule has 0 spiro atoms. The van der Waals surface area contributed by atoms with E-state index in [1.54, 1.807) is 42.5 Å². The highest BCUT2D eigenvalue weighted by Gasteiger charge is 2.15. The second-order valence-electron chi connectivity index (χ2n) is 6.26. The lowest BCUT2D eigenvalue weighted by Crippen LogP contribution is -2.03. The van der Waals surface area contributed by atoms with Crippen LogP contribution in [-0.4, -0.2) is 15.8 Å². The van der Waals surface area contributed by atoms with Gasteiger partial charge in [0, 0.05) is 12.0 Å². The van der Waals surface area contributed by atoms with Gasteiger partial charge in [0.05, 0.1) is 31.7 Å². The van der Waals surface area contributed by atoms with Gasteiger partial charge in [-0.2, -0.15) is 0 Å². The lowest BCUT2D eigenvalue weighted by molar-refractivity contribution is 0.0993. The fourth-order valence-electron chi connectivity index (χ4n) is 2.96. The minimum absolute atomic E-state index is 0.00409. The molecule has 3 aromatic carbocycles. The topological polar surface area (TPSA) is 45.8 Å². The molecule has 140 valence electrons. The van der Waals surface area contributed by atoms with E-state index in [1.165, 1.54) is 12.1 Å². The molecule has 0 radical (unpaired) electrons. The number of nitrogens with one attached hydrogen (secondary N) is 1. The predicted molar refractivity (Wildman–Crippen MR) is 111 cm³/mol. The van der Waals surface area contributed by atoms with E-state index in [4.69, 9.17) is 34.8 Å². The molecule has 0 unspecified atom stereocenters. The lowest BCUT2D eigenvalue weighted by Gasteiger charge is -2.03. The van der Waals surface area contributed by atoms with Gasteiger partial charge in [0.2, 0.25) is 0 Å². The van der Waals surface area contributed by atoms with Gasteiger partial charge < -0.3 is 4.98 Å². The van der Waals surface area contributed by atoms with Gasteiger partial charge in [-0.3, -0.25) is 4.79 Å². The Balaban J connectivity index is 1.66. The highest BCUT2D eigenvalue weighted by atomic mass is 35.5. The summed E-state index contributed by atoms with van der Waals surface area (Å²) in [6.45, 7) is 0. The monoisotopic (exact) mass is 432 g/mol. The van der Waals surface area contributed by atoms with Gasteiger partial charge >= 0.3 is 0 Å². The number of aromatic amines is 1. The van der Waals surface area contributed by atoms with Crippen LogP contribution in [0, 0.1) is 5.82 Å². The number of carbonyl (C=O) groups is 1. The molecule has 0 aliphatic heterocycles. The number of rotatable bonds is 4. The number of fused-ring (bicyclic) bond motifs is 1. The summed E-state index contributed by atoms with van der Waals surface area (Å²) in [4.78, 5) is 20.3. The molecule has 0 amide bonds. The average Bonchev–Trinajstić information content (AvgIpc) is 3.07. The molecule has 7 heteroatoms. The van der Waals surface area contributed by atoms with Crippen molar-refractivity contribution in [3.63, 3.8) is 0 Å². The van der Waals surface area contributed by atoms with Gasteiger partial charge in [-0.05, 0) is 48.0 Å². The van der Waals surface area contributed by atoms with Crippen LogP contribution in [0.2, 0.25) is 15.1 Å². The molecule has 1 aromatic heterocycles. The first-order chi connectivity index (χ1) is 13.4. The van der Waals surface area contributed by atoms with E-state index < -0.39 is 5.82 Å². The summed E-state index contributed by atoms with van der Waals surface area (Å²) in [6.07, 6.45) is 0.114. The second kappa shape index (κ2) is 7.55. The van der Waals surface area contributed by atoms with Crippen LogP contribution in [0.5, 0.6) is 0 Å². The number of aromatic nitrogens is 2. The standard InChI is InChI=1S/C21H12Cl3FN2O/c22-13-2-1-3-14(23)20(13)21-26-17-7-5-12(10-18(17)27-21)19(28)9-11-4-6-16(25)15(24)8-11/h1-8,10H,9H2,(H,26,27). The first-order valence-corrected chi connectivity index (χ1v) is 9.47. The number of hydrogen-bond donors (Lipinski definition) is 1. The largest absolute Gasteiger partial charge is 0.338 e. The molecule has 0 fully saturated rings. The van der Waals surface area contributed by atoms with Crippen LogP contribution in [-0.2, 0) is 6.42 Å². The van der Waals surface area contributed by atoms with E-state index >= 15 is 0 Å². The summed E-state index contributed by atoms with van der Waals surface area (Å²) in [5, 5.41) is 0.961. The number of nitrogens with zero attached hydrogens (tertiary/aromatic N) is 1. The molecule has 0 aliphatic rings. The van der Waals surface area contributed by atoms with Crippen molar-refractivity contribution < 1.29 is 9.18 Å². The zero-order chi connectivity index (χ0) is 19.8. The molecule has 0 aliphatic carbocycles. The Morgan fingerprint density at radius 2 is 1.71 bits per heavy atom. The quantitative estimate of drug-likeness (QED) is 0.362. The number of carbonyl (C=O) groups excluding carboxylic acids is 1. The van der Waals surface area contributed by atoms with Gasteiger partial charge in [0.15, 0.2) is 5.78 Å². The molecule has 0 saturated heterocycles. The number of imidazole rings is 1. The zero-order valence-corrected chi connectivity index (χ0v) is 16.5. The van der Waals surface area contributed by atoms with E-state index in [1.807, 2.05) is 0 Å². The molecule has 1 heterocycles. The number of ketones is 1. The van der Waals surface area contributed by atoms with Crippen LogP contribution in [0.25, 0.3) is 22.4 Å². The molecule has 4 rings (SSSR count). The molecule has 4 aromatic rings. The second-order valence-corrected chi connectivity index (χ2v) is 7.48. The first-order valence-electron chi connectivity index (χ1n) is 8.33. The van der Waals surface area contributed by atoms with Crippen molar-refractivity contribution in [2.24, 2.45) is 0 Å². The highest BCUT2D eigenvalue weighted by Crippen LogP contribution is 2.34. The van der Waals surface area contributed by atoms with Gasteiger partial charge in [0.25, 0.3) is 0 Å². The minimum Gasteiger partial charge on any atom is -0.338 e. The maximum atomic E-state index is 13.3. The minimum atomic E-state index is -0.512. The van der Waals surface area contributed by atoms with Gasteiger partial charge in [-0.15, -0.1) is 0 Å². The van der Waals surface area contributed by atoms with Crippen molar-refractivity contribution in [1.29, 1.82) is 0 Å². The highest BCUT2D eigenvalue weighted by molar-refractivity contribution is 6.39. The average molecular weight is 434 g/mol. The van der Waals surface area contributed by atoms with Crippen molar-refractivity contribution >= 4 is 51.6 Å². The van der Waals surface area contributed by atoms with E-state index in [0.29, 0.717) is 43.6 Å². The van der Waals surface area contributed by atoms with Crippen LogP contribution in [0.1, 0.15) is 15.9 Å². The lowest BCUT2D eigenvalue weighted by atomic mass is 10.0. The molecular formula is C21H12Cl3FN2O. The van der Waals surface area contributed by atoms with E-state index in [-0.39, 0.29) is 17.2 Å². The van der Waals surface area contributed by atoms with Crippen LogP contribution >= 0.6 is 34.8 Å². The maximum Gasteiger partial charge on any atom is 0.167 e. The summed E-state index contributed by atoms with van der Waals surface area (Å²) in [5.74, 6) is -0.0977. The van der Waals surface area contributed by atoms with E-state index in [2.05, 4.69) is 9.97 Å². The molecule has 0 saturated carbocycles. The van der Waals surface area contributed by atoms with Crippen LogP contribution in [0.4, 0.5) is 4.39 Å². The zero-order valence-electron chi connectivity index (χ0n) is 14.3. The number of benzene rings is 3. The summed E-state index contributed by atoms with van der Waals surface area (Å²) in [6, 6.07) is 14.7. The van der Waals surface area contributed by atoms with Gasteiger partial charge in [0.1, 0.15) is 11.6 Å². The van der Waals surface area contributed by atoms with Crippen molar-refractivity contribution in [3.05, 3.63) is 86.6 Å². The first kappa shape index (κ1) is 18.9. The fourth-order valence-corrected chi connectivity index (χ4v) is 3.74. The Hall–Kier alpha value is -2.40. The number of Topliss-reactive ketones (excluding diaryl/α,β-unsaturated/α-hetero) is 1. The molecule has 1 N–H and O–H groups in total. The SMILES string of the molecule is O=C(Cc1ccc(F)c(Cl)c1)c1ccc2nc(-c3c(Cl)cccc3Cl)[nH]c2c1. The van der Waals surface area contributed by atoms with E-state index in [9.17, 15) is 9.18 Å². The van der Waals surface area contributed by atoms with Crippen LogP contribution in [0.15, 0.2) is 54.6 Å². The van der Waals surface area contributed by atoms with Crippen LogP contribution in [0.3, 0.4) is 0 Å². The van der Waals surface area contributed by atoms with Crippen molar-refractivity contribution in [3.8, 4) is 11.4 Å². The third-order valence-electron chi connectivity index (χ3n) is 4.35. The number of hydrogen-bond acceptors (Lipinski definition) is 2. The Kier molecular flexibility index (Phi) is 5.11. The van der Waals surface area contributed by atoms with Crippen molar-refractivity contribution in [1.82, 2.24) is 9.97 Å². The smallest absolute Gasteiger partial charge is 0.167 e. The fraction of sp³-hybridized carbons (Fsp3) is 0.0476. The Morgan fingerprint density at radius 3 is 2.43 bits per heavy atom. The number of halogens is 4. The third-order valence-corrected chi connectivity index (χ3v) is 5.27. The van der Waals surface area contributed by atoms with Crippen LogP contribution < -0.4 is 0 Å². The Labute approximate surface area is 175 Å². The Bertz CT molecular complexity index is 1200. The summed E-state index contributed by atoms with van der Waals surface area (Å²) in [5.41, 5.74) is 3.13. The summed E-state index contributed by atoms with van der Waals surface area (Å²) < 4.78 is 13.3. The number of H-pyrrole nitrogens is 1. The maximum absolute atomic E-state index is 13.3. The van der Waals surface area contributed by atoms with Gasteiger partial charge in [-0.1, -0.05) is 46.9 Å². The Morgan fingerprint density at radius 1 is 0.964 bits per heavy atom. The molecule has 28 heavy (non-hydrogen) atoms. The third kappa shape index (κ3) is 3.63. The molecule has 3 nitrogen and oxygen atoms in total. The molecular weight excluding hydrogens is 422 g/mol. The summed E-state index contributed by atoms with van der Waals surface area (Å²) in [7, 11) is 0. The van der Waals surface area contributed by atoms with Crippen molar-refractivity contribution in [2.75, 3.05) is 0 Å². The van der Waals surface area contributed by atoms with Crippen molar-refractivity contribution in [2.45, 2.75) is 6.42 Å². The van der Waals surface area contributed by atoms with E-state index in [0.717, 1.165) is 0 Å². The molecule has 0 bridgehead atoms. The molecule has 0 atom stereocenters.